The molecule has 6 heteroatoms. The van der Waals surface area contributed by atoms with Gasteiger partial charge in [0.15, 0.2) is 0 Å². The lowest BCUT2D eigenvalue weighted by Gasteiger charge is -2.43. The van der Waals surface area contributed by atoms with E-state index in [9.17, 15) is 19.4 Å². The van der Waals surface area contributed by atoms with Crippen LogP contribution in [-0.2, 0) is 17.8 Å². The van der Waals surface area contributed by atoms with Gasteiger partial charge in [0, 0.05) is 32.0 Å². The number of benzene rings is 1. The van der Waals surface area contributed by atoms with Gasteiger partial charge in [-0.1, -0.05) is 18.2 Å². The van der Waals surface area contributed by atoms with Crippen LogP contribution in [-0.4, -0.2) is 45.3 Å². The van der Waals surface area contributed by atoms with Crippen LogP contribution in [0.25, 0.3) is 0 Å². The Labute approximate surface area is 145 Å². The third kappa shape index (κ3) is 3.86. The van der Waals surface area contributed by atoms with E-state index in [4.69, 9.17) is 0 Å². The van der Waals surface area contributed by atoms with Crippen molar-refractivity contribution in [1.82, 2.24) is 9.88 Å². The molecule has 1 aromatic heterocycles. The molecule has 5 nitrogen and oxygen atoms in total. The molecular weight excluding hydrogens is 323 g/mol. The number of carbonyl (C=O) groups is 1. The number of aliphatic carboxylic acids is 1. The minimum absolute atomic E-state index is 0.0881. The van der Waals surface area contributed by atoms with E-state index in [0.717, 1.165) is 5.56 Å². The van der Waals surface area contributed by atoms with Crippen molar-refractivity contribution in [3.05, 3.63) is 65.7 Å². The molecule has 0 spiro atoms. The van der Waals surface area contributed by atoms with Crippen LogP contribution in [0.4, 0.5) is 4.39 Å². The van der Waals surface area contributed by atoms with E-state index in [-0.39, 0.29) is 13.0 Å². The highest BCUT2D eigenvalue weighted by Gasteiger charge is 2.49. The summed E-state index contributed by atoms with van der Waals surface area (Å²) in [6.07, 6.45) is 2.92. The van der Waals surface area contributed by atoms with Gasteiger partial charge < -0.3 is 10.2 Å². The zero-order chi connectivity index (χ0) is 17.9. The zero-order valence-electron chi connectivity index (χ0n) is 13.8. The zero-order valence-corrected chi connectivity index (χ0v) is 13.8. The van der Waals surface area contributed by atoms with Crippen LogP contribution in [0, 0.1) is 11.2 Å². The van der Waals surface area contributed by atoms with Crippen molar-refractivity contribution in [1.29, 1.82) is 0 Å². The second-order valence-electron chi connectivity index (χ2n) is 6.64. The number of piperidine rings is 1. The molecule has 0 saturated carbocycles. The van der Waals surface area contributed by atoms with Crippen molar-refractivity contribution >= 4 is 5.97 Å². The molecule has 0 unspecified atom stereocenters. The van der Waals surface area contributed by atoms with Gasteiger partial charge in [-0.3, -0.25) is 14.7 Å². The normalized spacial score (nSPS) is 24.2. The van der Waals surface area contributed by atoms with Crippen molar-refractivity contribution in [3.63, 3.8) is 0 Å². The number of carboxylic acid groups (broad SMARTS) is 1. The van der Waals surface area contributed by atoms with Gasteiger partial charge >= 0.3 is 5.97 Å². The van der Waals surface area contributed by atoms with Crippen molar-refractivity contribution in [3.8, 4) is 0 Å². The largest absolute Gasteiger partial charge is 0.481 e. The van der Waals surface area contributed by atoms with E-state index in [0.29, 0.717) is 25.1 Å². The number of carboxylic acids is 1. The van der Waals surface area contributed by atoms with Crippen LogP contribution in [0.15, 0.2) is 48.8 Å². The predicted octanol–water partition coefficient (Wildman–Crippen LogP) is 2.10. The van der Waals surface area contributed by atoms with E-state index >= 15 is 0 Å². The summed E-state index contributed by atoms with van der Waals surface area (Å²) in [5.41, 5.74) is 0.211. The Morgan fingerprint density at radius 3 is 2.80 bits per heavy atom. The van der Waals surface area contributed by atoms with Gasteiger partial charge in [-0.25, -0.2) is 4.39 Å². The molecule has 1 aliphatic rings. The highest BCUT2D eigenvalue weighted by atomic mass is 19.1. The number of aliphatic hydroxyl groups excluding tert-OH is 1. The molecule has 1 fully saturated rings. The minimum Gasteiger partial charge on any atom is -0.481 e. The predicted molar refractivity (Wildman–Crippen MR) is 90.3 cm³/mol. The molecule has 3 rings (SSSR count). The van der Waals surface area contributed by atoms with Crippen LogP contribution >= 0.6 is 0 Å². The summed E-state index contributed by atoms with van der Waals surface area (Å²) in [6, 6.07) is 9.68. The van der Waals surface area contributed by atoms with Crippen LogP contribution < -0.4 is 0 Å². The van der Waals surface area contributed by atoms with E-state index in [1.807, 2.05) is 17.0 Å². The highest BCUT2D eigenvalue weighted by molar-refractivity contribution is 5.76. The molecule has 2 heterocycles. The smallest absolute Gasteiger partial charge is 0.313 e. The Morgan fingerprint density at radius 2 is 2.12 bits per heavy atom. The quantitative estimate of drug-likeness (QED) is 0.869. The topological polar surface area (TPSA) is 73.7 Å². The maximum absolute atomic E-state index is 13.5. The molecule has 0 aliphatic carbocycles. The van der Waals surface area contributed by atoms with Crippen LogP contribution in [0.3, 0.4) is 0 Å². The van der Waals surface area contributed by atoms with Gasteiger partial charge in [0.1, 0.15) is 11.2 Å². The number of aromatic nitrogens is 1. The Kier molecular flexibility index (Phi) is 5.11. The maximum Gasteiger partial charge on any atom is 0.313 e. The first-order valence-electron chi connectivity index (χ1n) is 8.27. The second-order valence-corrected chi connectivity index (χ2v) is 6.64. The fraction of sp³-hybridized carbons (Fsp3) is 0.368. The molecule has 0 amide bonds. The molecule has 0 radical (unpaired) electrons. The average Bonchev–Trinajstić information content (AvgIpc) is 2.59. The van der Waals surface area contributed by atoms with Crippen LogP contribution in [0.1, 0.15) is 17.5 Å². The fourth-order valence-electron chi connectivity index (χ4n) is 3.52. The van der Waals surface area contributed by atoms with E-state index in [1.165, 1.54) is 12.1 Å². The highest BCUT2D eigenvalue weighted by Crippen LogP contribution is 2.35. The van der Waals surface area contributed by atoms with Crippen molar-refractivity contribution in [2.45, 2.75) is 25.5 Å². The van der Waals surface area contributed by atoms with Gasteiger partial charge in [0.2, 0.25) is 0 Å². The first-order valence-corrected chi connectivity index (χ1v) is 8.27. The lowest BCUT2D eigenvalue weighted by molar-refractivity contribution is -0.163. The fourth-order valence-corrected chi connectivity index (χ4v) is 3.52. The van der Waals surface area contributed by atoms with Crippen molar-refractivity contribution in [2.24, 2.45) is 5.41 Å². The molecule has 132 valence electrons. The number of hydrogen-bond acceptors (Lipinski definition) is 4. The third-order valence-corrected chi connectivity index (χ3v) is 4.83. The molecule has 2 N–H and O–H groups in total. The van der Waals surface area contributed by atoms with Crippen molar-refractivity contribution < 1.29 is 19.4 Å². The number of pyridine rings is 1. The summed E-state index contributed by atoms with van der Waals surface area (Å²) in [4.78, 5) is 18.2. The van der Waals surface area contributed by atoms with Gasteiger partial charge in [-0.05, 0) is 42.2 Å². The first kappa shape index (κ1) is 17.5. The van der Waals surface area contributed by atoms with Crippen LogP contribution in [0.2, 0.25) is 0 Å². The summed E-state index contributed by atoms with van der Waals surface area (Å²) in [5, 5.41) is 20.4. The molecule has 0 bridgehead atoms. The van der Waals surface area contributed by atoms with E-state index in [1.54, 1.807) is 24.5 Å². The maximum atomic E-state index is 13.5. The number of hydrogen-bond donors (Lipinski definition) is 2. The Balaban J connectivity index is 1.83. The first-order chi connectivity index (χ1) is 12.0. The Hall–Kier alpha value is -2.31. The van der Waals surface area contributed by atoms with Gasteiger partial charge in [-0.15, -0.1) is 0 Å². The molecular formula is C19H21FN2O3. The number of likely N-dealkylation sites (tertiary alicyclic amines) is 1. The molecule has 1 aliphatic heterocycles. The number of aliphatic hydroxyl groups is 1. The number of halogens is 1. The molecule has 25 heavy (non-hydrogen) atoms. The van der Waals surface area contributed by atoms with E-state index < -0.39 is 23.3 Å². The second kappa shape index (κ2) is 7.29. The Bertz CT molecular complexity index is 740. The monoisotopic (exact) mass is 344 g/mol. The van der Waals surface area contributed by atoms with E-state index in [2.05, 4.69) is 4.98 Å². The summed E-state index contributed by atoms with van der Waals surface area (Å²) in [6.45, 7) is 1.38. The summed E-state index contributed by atoms with van der Waals surface area (Å²) < 4.78 is 13.5. The third-order valence-electron chi connectivity index (χ3n) is 4.83. The van der Waals surface area contributed by atoms with Crippen molar-refractivity contribution in [2.75, 3.05) is 13.1 Å². The SMILES string of the molecule is O=C(O)[C@]1(Cc2cccc(F)c2)CN(Cc2cccnc2)CC[C@@H]1O. The van der Waals surface area contributed by atoms with Gasteiger partial charge in [-0.2, -0.15) is 0 Å². The molecule has 2 atom stereocenters. The number of rotatable bonds is 5. The standard InChI is InChI=1S/C19H21FN2O3/c20-16-5-1-3-14(9-16)10-19(18(24)25)13-22(8-6-17(19)23)12-15-4-2-7-21-11-15/h1-5,7,9,11,17,23H,6,8,10,12-13H2,(H,24,25)/t17-,19+/m0/s1. The molecule has 1 saturated heterocycles. The van der Waals surface area contributed by atoms with Crippen LogP contribution in [0.5, 0.6) is 0 Å². The molecule has 1 aromatic carbocycles. The molecule has 2 aromatic rings. The average molecular weight is 344 g/mol. The minimum atomic E-state index is -1.35. The van der Waals surface area contributed by atoms with Gasteiger partial charge in [0.05, 0.1) is 6.10 Å². The summed E-state index contributed by atoms with van der Waals surface area (Å²) >= 11 is 0. The lowest BCUT2D eigenvalue weighted by Crippen LogP contribution is -2.56. The lowest BCUT2D eigenvalue weighted by atomic mass is 9.72. The summed E-state index contributed by atoms with van der Waals surface area (Å²) in [7, 11) is 0. The number of nitrogens with zero attached hydrogens (tertiary/aromatic N) is 2. The van der Waals surface area contributed by atoms with Gasteiger partial charge in [0.25, 0.3) is 0 Å². The Morgan fingerprint density at radius 1 is 1.32 bits per heavy atom. The summed E-state index contributed by atoms with van der Waals surface area (Å²) in [5.74, 6) is -1.46.